The van der Waals surface area contributed by atoms with Crippen LogP contribution < -0.4 is 5.73 Å². The number of hydrogen-bond donors (Lipinski definition) is 1. The molecule has 4 nitrogen and oxygen atoms in total. The number of nitrogens with two attached hydrogens (primary N) is 1. The maximum absolute atomic E-state index is 14.2. The lowest BCUT2D eigenvalue weighted by Gasteiger charge is -2.25. The van der Waals surface area contributed by atoms with Gasteiger partial charge in [-0.3, -0.25) is 0 Å². The second-order valence-corrected chi connectivity index (χ2v) is 6.62. The van der Waals surface area contributed by atoms with Gasteiger partial charge in [-0.25, -0.2) is 13.6 Å². The number of hydrogen-bond acceptors (Lipinski definition) is 3. The molecule has 0 radical (unpaired) electrons. The molecule has 1 aliphatic heterocycles. The van der Waals surface area contributed by atoms with Crippen molar-refractivity contribution >= 4 is 6.09 Å². The highest BCUT2D eigenvalue weighted by molar-refractivity contribution is 5.68. The molecule has 0 bridgehead atoms. The summed E-state index contributed by atoms with van der Waals surface area (Å²) in [5.41, 5.74) is 7.22. The first kappa shape index (κ1) is 18.3. The molecular formula is C20H22F2N2O2. The molecule has 2 aromatic carbocycles. The summed E-state index contributed by atoms with van der Waals surface area (Å²) in [7, 11) is 0. The van der Waals surface area contributed by atoms with E-state index in [4.69, 9.17) is 10.5 Å². The molecule has 0 aromatic heterocycles. The molecule has 3 rings (SSSR count). The van der Waals surface area contributed by atoms with Gasteiger partial charge in [-0.05, 0) is 30.0 Å². The smallest absolute Gasteiger partial charge is 0.410 e. The lowest BCUT2D eigenvalue weighted by molar-refractivity contribution is 0.0944. The van der Waals surface area contributed by atoms with E-state index in [1.807, 2.05) is 30.3 Å². The summed E-state index contributed by atoms with van der Waals surface area (Å²) in [4.78, 5) is 14.0. The van der Waals surface area contributed by atoms with Crippen molar-refractivity contribution in [3.05, 3.63) is 71.3 Å². The largest absolute Gasteiger partial charge is 0.445 e. The lowest BCUT2D eigenvalue weighted by atomic mass is 9.93. The molecule has 2 N–H and O–H groups in total. The Hall–Kier alpha value is -2.47. The van der Waals surface area contributed by atoms with Crippen LogP contribution in [-0.2, 0) is 11.3 Å². The van der Waals surface area contributed by atoms with Crippen LogP contribution in [0.15, 0.2) is 48.5 Å². The van der Waals surface area contributed by atoms with Crippen molar-refractivity contribution in [3.63, 3.8) is 0 Å². The standard InChI is InChI=1S/C20H22F2N2O2/c21-18-8-4-7-17(19(18)22)15-9-10-16(23)12-24(11-15)20(25)26-13-14-5-2-1-3-6-14/h1-8,15-16H,9-13,23H2/t15-,16-/m1/s1. The van der Waals surface area contributed by atoms with Crippen LogP contribution in [0.2, 0.25) is 0 Å². The fraction of sp³-hybridized carbons (Fsp3) is 0.350. The van der Waals surface area contributed by atoms with Gasteiger partial charge in [-0.1, -0.05) is 42.5 Å². The van der Waals surface area contributed by atoms with Crippen molar-refractivity contribution in [1.82, 2.24) is 4.90 Å². The van der Waals surface area contributed by atoms with Crippen molar-refractivity contribution in [2.45, 2.75) is 31.4 Å². The molecule has 26 heavy (non-hydrogen) atoms. The number of likely N-dealkylation sites (tertiary alicyclic amines) is 1. The molecule has 2 aromatic rings. The molecule has 1 fully saturated rings. The predicted molar refractivity (Wildman–Crippen MR) is 94.5 cm³/mol. The number of halogens is 2. The SMILES string of the molecule is N[C@@H]1CC[C@@H](c2cccc(F)c2F)CN(C(=O)OCc2ccccc2)C1. The van der Waals surface area contributed by atoms with E-state index in [9.17, 15) is 13.6 Å². The fourth-order valence-electron chi connectivity index (χ4n) is 3.27. The molecule has 6 heteroatoms. The molecule has 1 amide bonds. The molecule has 0 spiro atoms. The third-order valence-electron chi connectivity index (χ3n) is 4.67. The van der Waals surface area contributed by atoms with E-state index in [-0.39, 0.29) is 30.7 Å². The second-order valence-electron chi connectivity index (χ2n) is 6.62. The summed E-state index contributed by atoms with van der Waals surface area (Å²) in [6.07, 6.45) is 0.723. The minimum Gasteiger partial charge on any atom is -0.445 e. The van der Waals surface area contributed by atoms with Crippen LogP contribution in [0, 0.1) is 11.6 Å². The highest BCUT2D eigenvalue weighted by Crippen LogP contribution is 2.29. The van der Waals surface area contributed by atoms with Crippen LogP contribution in [-0.4, -0.2) is 30.1 Å². The molecule has 1 aliphatic rings. The van der Waals surface area contributed by atoms with Gasteiger partial charge in [0.15, 0.2) is 11.6 Å². The Balaban J connectivity index is 1.71. The van der Waals surface area contributed by atoms with E-state index in [1.165, 1.54) is 11.0 Å². The topological polar surface area (TPSA) is 55.6 Å². The molecule has 1 saturated heterocycles. The Morgan fingerprint density at radius 2 is 1.85 bits per heavy atom. The first-order valence-electron chi connectivity index (χ1n) is 8.69. The summed E-state index contributed by atoms with van der Waals surface area (Å²) < 4.78 is 33.1. The van der Waals surface area contributed by atoms with Crippen LogP contribution in [0.1, 0.15) is 29.9 Å². The van der Waals surface area contributed by atoms with Gasteiger partial charge >= 0.3 is 6.09 Å². The van der Waals surface area contributed by atoms with E-state index in [2.05, 4.69) is 0 Å². The van der Waals surface area contributed by atoms with Gasteiger partial charge in [-0.2, -0.15) is 0 Å². The minimum atomic E-state index is -0.880. The minimum absolute atomic E-state index is 0.157. The van der Waals surface area contributed by atoms with Crippen LogP contribution >= 0.6 is 0 Å². The lowest BCUT2D eigenvalue weighted by Crippen LogP contribution is -2.40. The van der Waals surface area contributed by atoms with E-state index in [0.29, 0.717) is 19.4 Å². The van der Waals surface area contributed by atoms with Crippen molar-refractivity contribution in [2.75, 3.05) is 13.1 Å². The summed E-state index contributed by atoms with van der Waals surface area (Å²) >= 11 is 0. The van der Waals surface area contributed by atoms with Crippen LogP contribution in [0.25, 0.3) is 0 Å². The maximum atomic E-state index is 14.2. The zero-order chi connectivity index (χ0) is 18.5. The first-order valence-corrected chi connectivity index (χ1v) is 8.69. The third-order valence-corrected chi connectivity index (χ3v) is 4.67. The summed E-state index contributed by atoms with van der Waals surface area (Å²) in [5.74, 6) is -2.05. The number of amides is 1. The number of rotatable bonds is 3. The zero-order valence-corrected chi connectivity index (χ0v) is 14.4. The van der Waals surface area contributed by atoms with Crippen molar-refractivity contribution in [3.8, 4) is 0 Å². The molecule has 0 saturated carbocycles. The predicted octanol–water partition coefficient (Wildman–Crippen LogP) is 3.81. The quantitative estimate of drug-likeness (QED) is 0.906. The Labute approximate surface area is 151 Å². The summed E-state index contributed by atoms with van der Waals surface area (Å²) in [5, 5.41) is 0. The van der Waals surface area contributed by atoms with Crippen molar-refractivity contribution in [2.24, 2.45) is 5.73 Å². The van der Waals surface area contributed by atoms with E-state index < -0.39 is 17.7 Å². The molecular weight excluding hydrogens is 338 g/mol. The van der Waals surface area contributed by atoms with Gasteiger partial charge < -0.3 is 15.4 Å². The van der Waals surface area contributed by atoms with Gasteiger partial charge in [0.25, 0.3) is 0 Å². The molecule has 0 aliphatic carbocycles. The molecule has 2 atom stereocenters. The number of carbonyl (C=O) groups excluding carboxylic acids is 1. The van der Waals surface area contributed by atoms with E-state index in [1.54, 1.807) is 6.07 Å². The Bertz CT molecular complexity index is 755. The number of ether oxygens (including phenoxy) is 1. The first-order chi connectivity index (χ1) is 12.5. The Kier molecular flexibility index (Phi) is 5.83. The van der Waals surface area contributed by atoms with Crippen molar-refractivity contribution < 1.29 is 18.3 Å². The average Bonchev–Trinajstić information content (AvgIpc) is 2.85. The molecule has 138 valence electrons. The maximum Gasteiger partial charge on any atom is 0.410 e. The third kappa shape index (κ3) is 4.38. The fourth-order valence-corrected chi connectivity index (χ4v) is 3.27. The number of carbonyl (C=O) groups is 1. The van der Waals surface area contributed by atoms with Crippen LogP contribution in [0.5, 0.6) is 0 Å². The number of nitrogens with zero attached hydrogens (tertiary/aromatic N) is 1. The highest BCUT2D eigenvalue weighted by Gasteiger charge is 2.29. The summed E-state index contributed by atoms with van der Waals surface area (Å²) in [6, 6.07) is 13.3. The summed E-state index contributed by atoms with van der Waals surface area (Å²) in [6.45, 7) is 0.743. The zero-order valence-electron chi connectivity index (χ0n) is 14.4. The Morgan fingerprint density at radius 1 is 1.08 bits per heavy atom. The van der Waals surface area contributed by atoms with Crippen LogP contribution in [0.4, 0.5) is 13.6 Å². The number of benzene rings is 2. The van der Waals surface area contributed by atoms with Gasteiger partial charge in [0.1, 0.15) is 6.61 Å². The monoisotopic (exact) mass is 360 g/mol. The van der Waals surface area contributed by atoms with Gasteiger partial charge in [0.05, 0.1) is 0 Å². The van der Waals surface area contributed by atoms with E-state index >= 15 is 0 Å². The second kappa shape index (κ2) is 8.27. The van der Waals surface area contributed by atoms with Gasteiger partial charge in [0.2, 0.25) is 0 Å². The van der Waals surface area contributed by atoms with Crippen molar-refractivity contribution in [1.29, 1.82) is 0 Å². The van der Waals surface area contributed by atoms with E-state index in [0.717, 1.165) is 11.6 Å². The molecule has 1 heterocycles. The Morgan fingerprint density at radius 3 is 2.62 bits per heavy atom. The average molecular weight is 360 g/mol. The normalized spacial score (nSPS) is 20.5. The van der Waals surface area contributed by atoms with Gasteiger partial charge in [-0.15, -0.1) is 0 Å². The molecule has 0 unspecified atom stereocenters. The van der Waals surface area contributed by atoms with Gasteiger partial charge in [0, 0.05) is 25.0 Å². The highest BCUT2D eigenvalue weighted by atomic mass is 19.2. The van der Waals surface area contributed by atoms with Crippen LogP contribution in [0.3, 0.4) is 0 Å².